The van der Waals surface area contributed by atoms with Gasteiger partial charge in [0.25, 0.3) is 11.6 Å². The second-order valence-electron chi connectivity index (χ2n) is 6.63. The smallest absolute Gasteiger partial charge is 0.269 e. The summed E-state index contributed by atoms with van der Waals surface area (Å²) in [5.41, 5.74) is 3.92. The Morgan fingerprint density at radius 1 is 1.14 bits per heavy atom. The van der Waals surface area contributed by atoms with Crippen LogP contribution in [-0.4, -0.2) is 25.6 Å². The molecule has 29 heavy (non-hydrogen) atoms. The van der Waals surface area contributed by atoms with E-state index >= 15 is 0 Å². The summed E-state index contributed by atoms with van der Waals surface area (Å²) in [6, 6.07) is 14.9. The van der Waals surface area contributed by atoms with Crippen molar-refractivity contribution in [3.63, 3.8) is 0 Å². The summed E-state index contributed by atoms with van der Waals surface area (Å²) < 4.78 is 1.71. The van der Waals surface area contributed by atoms with Crippen molar-refractivity contribution in [2.75, 3.05) is 5.32 Å². The third-order valence-electron chi connectivity index (χ3n) is 4.59. The van der Waals surface area contributed by atoms with Crippen molar-refractivity contribution < 1.29 is 9.72 Å². The van der Waals surface area contributed by atoms with E-state index in [2.05, 4.69) is 10.4 Å². The normalized spacial score (nSPS) is 10.8. The van der Waals surface area contributed by atoms with Gasteiger partial charge in [0, 0.05) is 42.0 Å². The monoisotopic (exact) mass is 387 g/mol. The highest BCUT2D eigenvalue weighted by Gasteiger charge is 2.16. The van der Waals surface area contributed by atoms with Crippen LogP contribution in [0, 0.1) is 17.0 Å². The Bertz CT molecular complexity index is 1250. The first-order chi connectivity index (χ1) is 13.9. The molecule has 144 valence electrons. The molecule has 0 saturated heterocycles. The maximum absolute atomic E-state index is 13.0. The number of nitrogens with zero attached hydrogens (tertiary/aromatic N) is 4. The molecular formula is C21H17N5O3. The van der Waals surface area contributed by atoms with E-state index < -0.39 is 4.92 Å². The van der Waals surface area contributed by atoms with Crippen LogP contribution in [-0.2, 0) is 7.05 Å². The molecule has 0 fully saturated rings. The number of fused-ring (bicyclic) bond motifs is 1. The summed E-state index contributed by atoms with van der Waals surface area (Å²) in [7, 11) is 1.83. The van der Waals surface area contributed by atoms with Crippen LogP contribution in [0.15, 0.2) is 60.8 Å². The number of para-hydroxylation sites is 1. The Morgan fingerprint density at radius 3 is 2.52 bits per heavy atom. The van der Waals surface area contributed by atoms with Gasteiger partial charge in [0.2, 0.25) is 0 Å². The molecule has 0 atom stereocenters. The fourth-order valence-corrected chi connectivity index (χ4v) is 3.22. The molecule has 2 heterocycles. The molecule has 2 aromatic carbocycles. The number of rotatable bonds is 4. The van der Waals surface area contributed by atoms with E-state index in [1.54, 1.807) is 10.7 Å². The van der Waals surface area contributed by atoms with Crippen molar-refractivity contribution in [3.8, 4) is 11.3 Å². The second-order valence-corrected chi connectivity index (χ2v) is 6.63. The van der Waals surface area contributed by atoms with Gasteiger partial charge in [0.1, 0.15) is 0 Å². The molecule has 4 rings (SSSR count). The number of nitro benzene ring substituents is 1. The van der Waals surface area contributed by atoms with Crippen LogP contribution in [0.1, 0.15) is 16.1 Å². The Morgan fingerprint density at radius 2 is 1.86 bits per heavy atom. The third-order valence-corrected chi connectivity index (χ3v) is 4.59. The van der Waals surface area contributed by atoms with Crippen molar-refractivity contribution in [1.82, 2.24) is 14.8 Å². The van der Waals surface area contributed by atoms with Crippen molar-refractivity contribution in [3.05, 3.63) is 82.2 Å². The SMILES string of the molecule is Cc1nn(C)cc1-c1cc(C(=O)Nc2ccc([N+](=O)[O-])cc2)c2ccccc2n1. The van der Waals surface area contributed by atoms with Crippen LogP contribution in [0.2, 0.25) is 0 Å². The maximum atomic E-state index is 13.0. The van der Waals surface area contributed by atoms with Gasteiger partial charge in [-0.2, -0.15) is 5.10 Å². The summed E-state index contributed by atoms with van der Waals surface area (Å²) in [5.74, 6) is -0.319. The van der Waals surface area contributed by atoms with Crippen molar-refractivity contribution in [1.29, 1.82) is 0 Å². The molecule has 0 aliphatic heterocycles. The summed E-state index contributed by atoms with van der Waals surface area (Å²) in [6.45, 7) is 1.89. The van der Waals surface area contributed by atoms with Gasteiger partial charge in [-0.05, 0) is 31.2 Å². The summed E-state index contributed by atoms with van der Waals surface area (Å²) in [5, 5.41) is 18.7. The number of carbonyl (C=O) groups excluding carboxylic acids is 1. The first-order valence-electron chi connectivity index (χ1n) is 8.88. The van der Waals surface area contributed by atoms with E-state index in [9.17, 15) is 14.9 Å². The van der Waals surface area contributed by atoms with Crippen LogP contribution in [0.3, 0.4) is 0 Å². The average Bonchev–Trinajstić information content (AvgIpc) is 3.05. The standard InChI is InChI=1S/C21H17N5O3/c1-13-18(12-25(2)24-13)20-11-17(16-5-3-4-6-19(16)23-20)21(27)22-14-7-9-15(10-8-14)26(28)29/h3-12H,1-2H3,(H,22,27). The number of nitrogens with one attached hydrogen (secondary N) is 1. The lowest BCUT2D eigenvalue weighted by Gasteiger charge is -2.10. The largest absolute Gasteiger partial charge is 0.322 e. The fraction of sp³-hybridized carbons (Fsp3) is 0.0952. The van der Waals surface area contributed by atoms with E-state index in [-0.39, 0.29) is 11.6 Å². The average molecular weight is 387 g/mol. The molecule has 0 radical (unpaired) electrons. The predicted molar refractivity (Wildman–Crippen MR) is 110 cm³/mol. The van der Waals surface area contributed by atoms with Gasteiger partial charge in [-0.1, -0.05) is 18.2 Å². The first kappa shape index (κ1) is 18.3. The molecule has 1 amide bonds. The molecule has 0 aliphatic rings. The fourth-order valence-electron chi connectivity index (χ4n) is 3.22. The van der Waals surface area contributed by atoms with Gasteiger partial charge in [0.05, 0.1) is 27.4 Å². The molecule has 0 aliphatic carbocycles. The zero-order valence-corrected chi connectivity index (χ0v) is 15.8. The molecule has 0 spiro atoms. The van der Waals surface area contributed by atoms with Gasteiger partial charge in [-0.25, -0.2) is 4.98 Å². The number of benzene rings is 2. The number of non-ortho nitro benzene ring substituents is 1. The zero-order chi connectivity index (χ0) is 20.5. The molecule has 2 aromatic heterocycles. The van der Waals surface area contributed by atoms with Gasteiger partial charge >= 0.3 is 0 Å². The highest BCUT2D eigenvalue weighted by atomic mass is 16.6. The van der Waals surface area contributed by atoms with Gasteiger partial charge in [-0.15, -0.1) is 0 Å². The number of aromatic nitrogens is 3. The number of hydrogen-bond donors (Lipinski definition) is 1. The number of pyridine rings is 1. The van der Waals surface area contributed by atoms with Gasteiger partial charge in [-0.3, -0.25) is 19.6 Å². The lowest BCUT2D eigenvalue weighted by molar-refractivity contribution is -0.384. The Hall–Kier alpha value is -4.07. The van der Waals surface area contributed by atoms with Crippen LogP contribution < -0.4 is 5.32 Å². The minimum absolute atomic E-state index is 0.0355. The van der Waals surface area contributed by atoms with E-state index in [1.807, 2.05) is 44.4 Å². The van der Waals surface area contributed by atoms with Crippen molar-refractivity contribution >= 4 is 28.2 Å². The van der Waals surface area contributed by atoms with Crippen LogP contribution >= 0.6 is 0 Å². The van der Waals surface area contributed by atoms with Crippen molar-refractivity contribution in [2.45, 2.75) is 6.92 Å². The lowest BCUT2D eigenvalue weighted by atomic mass is 10.0. The molecule has 4 aromatic rings. The van der Waals surface area contributed by atoms with Gasteiger partial charge in [0.15, 0.2) is 0 Å². The molecule has 0 bridgehead atoms. The summed E-state index contributed by atoms with van der Waals surface area (Å²) >= 11 is 0. The number of anilines is 1. The minimum atomic E-state index is -0.482. The Kier molecular flexibility index (Phi) is 4.52. The molecular weight excluding hydrogens is 370 g/mol. The quantitative estimate of drug-likeness (QED) is 0.419. The van der Waals surface area contributed by atoms with Gasteiger partial charge < -0.3 is 5.32 Å². The maximum Gasteiger partial charge on any atom is 0.269 e. The topological polar surface area (TPSA) is 103 Å². The predicted octanol–water partition coefficient (Wildman–Crippen LogP) is 4.10. The highest BCUT2D eigenvalue weighted by Crippen LogP contribution is 2.27. The van der Waals surface area contributed by atoms with Crippen molar-refractivity contribution in [2.24, 2.45) is 7.05 Å². The van der Waals surface area contributed by atoms with E-state index in [1.165, 1.54) is 24.3 Å². The highest BCUT2D eigenvalue weighted by molar-refractivity contribution is 6.13. The molecule has 8 heteroatoms. The minimum Gasteiger partial charge on any atom is -0.322 e. The van der Waals surface area contributed by atoms with E-state index in [0.717, 1.165) is 16.6 Å². The van der Waals surface area contributed by atoms with E-state index in [4.69, 9.17) is 4.98 Å². The van der Waals surface area contributed by atoms with Crippen LogP contribution in [0.25, 0.3) is 22.2 Å². The lowest BCUT2D eigenvalue weighted by Crippen LogP contribution is -2.13. The molecule has 0 saturated carbocycles. The Balaban J connectivity index is 1.76. The zero-order valence-electron chi connectivity index (χ0n) is 15.8. The third kappa shape index (κ3) is 3.55. The molecule has 0 unspecified atom stereocenters. The number of amides is 1. The number of carbonyl (C=O) groups is 1. The van der Waals surface area contributed by atoms with Crippen LogP contribution in [0.5, 0.6) is 0 Å². The summed E-state index contributed by atoms with van der Waals surface area (Å²) in [6.07, 6.45) is 1.87. The van der Waals surface area contributed by atoms with E-state index in [0.29, 0.717) is 22.5 Å². The Labute approximate surface area is 166 Å². The number of aryl methyl sites for hydroxylation is 2. The second kappa shape index (κ2) is 7.16. The molecule has 8 nitrogen and oxygen atoms in total. The van der Waals surface area contributed by atoms with Crippen LogP contribution in [0.4, 0.5) is 11.4 Å². The number of hydrogen-bond acceptors (Lipinski definition) is 5. The summed E-state index contributed by atoms with van der Waals surface area (Å²) in [4.78, 5) is 28.0. The first-order valence-corrected chi connectivity index (χ1v) is 8.88. The molecule has 1 N–H and O–H groups in total. The number of nitro groups is 1.